The summed E-state index contributed by atoms with van der Waals surface area (Å²) in [7, 11) is 1.61. The zero-order valence-corrected chi connectivity index (χ0v) is 25.7. The number of likely N-dealkylation sites (tertiary alicyclic amines) is 1. The summed E-state index contributed by atoms with van der Waals surface area (Å²) in [6, 6.07) is 2.03. The number of aliphatic hydroxyl groups is 1. The number of carbonyl (C=O) groups excluding carboxylic acids is 1. The lowest BCUT2D eigenvalue weighted by atomic mass is 10.0. The van der Waals surface area contributed by atoms with Crippen LogP contribution < -0.4 is 10.2 Å². The van der Waals surface area contributed by atoms with Crippen molar-refractivity contribution in [2.75, 3.05) is 43.5 Å². The third-order valence-electron chi connectivity index (χ3n) is 8.37. The van der Waals surface area contributed by atoms with Gasteiger partial charge in [0, 0.05) is 74.6 Å². The van der Waals surface area contributed by atoms with Gasteiger partial charge in [0.25, 0.3) is 12.3 Å². The zero-order chi connectivity index (χ0) is 32.5. The zero-order valence-electron chi connectivity index (χ0n) is 24.9. The maximum atomic E-state index is 14.7. The number of methoxy groups -OCH3 is 1. The van der Waals surface area contributed by atoms with Crippen LogP contribution in [0.4, 0.5) is 24.8 Å². The van der Waals surface area contributed by atoms with E-state index in [1.54, 1.807) is 30.4 Å². The van der Waals surface area contributed by atoms with E-state index in [9.17, 15) is 23.1 Å². The van der Waals surface area contributed by atoms with Gasteiger partial charge < -0.3 is 20.1 Å². The second-order valence-electron chi connectivity index (χ2n) is 11.3. The minimum atomic E-state index is -3.00. The molecule has 2 unspecified atom stereocenters. The van der Waals surface area contributed by atoms with Crippen LogP contribution in [0, 0.1) is 5.82 Å². The normalized spacial score (nSPS) is 20.6. The molecule has 2 N–H and O–H groups in total. The summed E-state index contributed by atoms with van der Waals surface area (Å²) >= 11 is 5.82. The highest BCUT2D eigenvalue weighted by Crippen LogP contribution is 2.35. The average molecular weight is 658 g/mol. The first-order valence-electron chi connectivity index (χ1n) is 14.6. The van der Waals surface area contributed by atoms with Gasteiger partial charge in [0.15, 0.2) is 5.82 Å². The van der Waals surface area contributed by atoms with Gasteiger partial charge in [0.05, 0.1) is 53.2 Å². The predicted octanol–water partition coefficient (Wildman–Crippen LogP) is 3.99. The number of aromatic nitrogens is 6. The third kappa shape index (κ3) is 6.40. The molecule has 2 aliphatic heterocycles. The summed E-state index contributed by atoms with van der Waals surface area (Å²) in [4.78, 5) is 34.5. The quantitative estimate of drug-likeness (QED) is 0.258. The molecule has 1 amide bonds. The number of hydrogen-bond acceptors (Lipinski definition) is 10. The van der Waals surface area contributed by atoms with Crippen LogP contribution in [-0.2, 0) is 4.74 Å². The van der Waals surface area contributed by atoms with Gasteiger partial charge in [-0.3, -0.25) is 19.4 Å². The molecular formula is C30H31ClF3N9O3. The van der Waals surface area contributed by atoms with Gasteiger partial charge in [-0.2, -0.15) is 5.10 Å². The molecule has 2 aliphatic rings. The standard InChI is InChI=1S/C30H31ClF3N9O3/c1-16(17-7-36-30(37-8-17)42-6-5-19(42)13-41-14-24(44)25(15-41)46-2)43-12-18(9-38-43)39-29(45)23-11-35-10-22(40-23)26-20(28(33)34)3-4-21(31)27(26)32/h3-4,7-12,16,19,24-25,28,44H,5-6,13-15H2,1-2H3,(H,39,45)/t16?,19?,24-,25-/m0/s1. The SMILES string of the molecule is CO[C@H]1CN(CC2CCN2c2ncc(C(C)n3cc(NC(=O)c4cncc(-c5c(C(F)F)ccc(Cl)c5F)n4)cn3)cn2)C[C@@H]1O. The fourth-order valence-corrected chi connectivity index (χ4v) is 5.82. The van der Waals surface area contributed by atoms with E-state index in [4.69, 9.17) is 16.3 Å². The van der Waals surface area contributed by atoms with E-state index in [1.807, 2.05) is 6.92 Å². The number of anilines is 2. The van der Waals surface area contributed by atoms with Crippen molar-refractivity contribution in [3.8, 4) is 11.3 Å². The second-order valence-corrected chi connectivity index (χ2v) is 11.7. The molecule has 0 radical (unpaired) electrons. The lowest BCUT2D eigenvalue weighted by molar-refractivity contribution is 0.0214. The molecule has 46 heavy (non-hydrogen) atoms. The van der Waals surface area contributed by atoms with Crippen molar-refractivity contribution >= 4 is 29.1 Å². The Bertz CT molecular complexity index is 1710. The van der Waals surface area contributed by atoms with E-state index in [0.717, 1.165) is 49.6 Å². The maximum Gasteiger partial charge on any atom is 0.275 e. The molecule has 0 bridgehead atoms. The first-order valence-corrected chi connectivity index (χ1v) is 15.0. The van der Waals surface area contributed by atoms with Crippen LogP contribution in [0.1, 0.15) is 47.4 Å². The first kappa shape index (κ1) is 31.8. The highest BCUT2D eigenvalue weighted by molar-refractivity contribution is 6.31. The number of alkyl halides is 2. The fraction of sp³-hybridized carbons (Fsp3) is 0.400. The number of carbonyl (C=O) groups is 1. The van der Waals surface area contributed by atoms with E-state index in [0.29, 0.717) is 24.7 Å². The Morgan fingerprint density at radius 2 is 1.96 bits per heavy atom. The first-order chi connectivity index (χ1) is 22.1. The van der Waals surface area contributed by atoms with Gasteiger partial charge in [0.2, 0.25) is 5.95 Å². The molecule has 2 fully saturated rings. The summed E-state index contributed by atoms with van der Waals surface area (Å²) < 4.78 is 48.9. The smallest absolute Gasteiger partial charge is 0.275 e. The van der Waals surface area contributed by atoms with Crippen molar-refractivity contribution in [1.29, 1.82) is 0 Å². The van der Waals surface area contributed by atoms with Gasteiger partial charge in [-0.1, -0.05) is 17.7 Å². The minimum absolute atomic E-state index is 0.171. The van der Waals surface area contributed by atoms with E-state index >= 15 is 0 Å². The number of hydrogen-bond donors (Lipinski definition) is 2. The molecule has 4 aromatic rings. The molecule has 2 saturated heterocycles. The maximum absolute atomic E-state index is 14.7. The number of nitrogens with zero attached hydrogens (tertiary/aromatic N) is 8. The highest BCUT2D eigenvalue weighted by Gasteiger charge is 2.37. The van der Waals surface area contributed by atoms with Crippen molar-refractivity contribution in [3.05, 3.63) is 77.0 Å². The Morgan fingerprint density at radius 1 is 1.17 bits per heavy atom. The van der Waals surface area contributed by atoms with E-state index in [-0.39, 0.29) is 34.6 Å². The minimum Gasteiger partial charge on any atom is -0.389 e. The number of β-amino-alcohol motifs (C(OH)–C–C–N with tert-alkyl or cyclic N) is 1. The third-order valence-corrected chi connectivity index (χ3v) is 8.66. The Labute approximate surface area is 267 Å². The highest BCUT2D eigenvalue weighted by atomic mass is 35.5. The second kappa shape index (κ2) is 13.3. The molecule has 6 rings (SSSR count). The lowest BCUT2D eigenvalue weighted by Gasteiger charge is -2.42. The lowest BCUT2D eigenvalue weighted by Crippen LogP contribution is -2.54. The van der Waals surface area contributed by atoms with Crippen LogP contribution in [0.5, 0.6) is 0 Å². The molecule has 0 aliphatic carbocycles. The fourth-order valence-electron chi connectivity index (χ4n) is 5.67. The number of halogens is 4. The van der Waals surface area contributed by atoms with Crippen LogP contribution in [0.3, 0.4) is 0 Å². The average Bonchev–Trinajstić information content (AvgIpc) is 3.66. The molecule has 3 aromatic heterocycles. The Kier molecular flexibility index (Phi) is 9.18. The van der Waals surface area contributed by atoms with Crippen LogP contribution in [0.25, 0.3) is 11.3 Å². The van der Waals surface area contributed by atoms with Crippen molar-refractivity contribution in [3.63, 3.8) is 0 Å². The van der Waals surface area contributed by atoms with Gasteiger partial charge in [-0.05, 0) is 19.4 Å². The van der Waals surface area contributed by atoms with Crippen molar-refractivity contribution in [2.24, 2.45) is 0 Å². The van der Waals surface area contributed by atoms with Crippen molar-refractivity contribution in [1.82, 2.24) is 34.6 Å². The van der Waals surface area contributed by atoms with E-state index in [1.165, 1.54) is 6.20 Å². The van der Waals surface area contributed by atoms with Gasteiger partial charge in [-0.25, -0.2) is 28.1 Å². The van der Waals surface area contributed by atoms with Gasteiger partial charge in [-0.15, -0.1) is 0 Å². The van der Waals surface area contributed by atoms with Gasteiger partial charge >= 0.3 is 0 Å². The van der Waals surface area contributed by atoms with Crippen LogP contribution in [-0.4, -0.2) is 97.2 Å². The molecule has 0 spiro atoms. The van der Waals surface area contributed by atoms with Crippen LogP contribution in [0.2, 0.25) is 5.02 Å². The summed E-state index contributed by atoms with van der Waals surface area (Å²) in [5, 5.41) is 16.8. The van der Waals surface area contributed by atoms with E-state index in [2.05, 4.69) is 40.2 Å². The summed E-state index contributed by atoms with van der Waals surface area (Å²) in [6.45, 7) is 4.82. The Balaban J connectivity index is 1.09. The molecule has 1 aromatic carbocycles. The molecule has 0 saturated carbocycles. The van der Waals surface area contributed by atoms with Crippen molar-refractivity contribution in [2.45, 2.75) is 44.1 Å². The monoisotopic (exact) mass is 657 g/mol. The Hall–Kier alpha value is -4.18. The van der Waals surface area contributed by atoms with Gasteiger partial charge in [0.1, 0.15) is 5.69 Å². The predicted molar refractivity (Wildman–Crippen MR) is 162 cm³/mol. The molecule has 16 heteroatoms. The molecule has 4 atom stereocenters. The largest absolute Gasteiger partial charge is 0.389 e. The number of aliphatic hydroxyl groups excluding tert-OH is 1. The van der Waals surface area contributed by atoms with Crippen LogP contribution >= 0.6 is 11.6 Å². The summed E-state index contributed by atoms with van der Waals surface area (Å²) in [5.74, 6) is -1.14. The topological polar surface area (TPSA) is 134 Å². The molecule has 12 nitrogen and oxygen atoms in total. The summed E-state index contributed by atoms with van der Waals surface area (Å²) in [5.41, 5.74) is -0.468. The van der Waals surface area contributed by atoms with E-state index < -0.39 is 35.4 Å². The number of amides is 1. The van der Waals surface area contributed by atoms with Crippen LogP contribution in [0.15, 0.2) is 49.3 Å². The number of ether oxygens (including phenoxy) is 1. The number of rotatable bonds is 10. The molecule has 242 valence electrons. The molecule has 5 heterocycles. The summed E-state index contributed by atoms with van der Waals surface area (Å²) in [6.07, 6.45) is 6.13. The number of benzene rings is 1. The number of nitrogens with one attached hydrogen (secondary N) is 1. The van der Waals surface area contributed by atoms with Crippen molar-refractivity contribution < 1.29 is 27.8 Å². The molecular weight excluding hydrogens is 627 g/mol. The Morgan fingerprint density at radius 3 is 2.63 bits per heavy atom.